The first kappa shape index (κ1) is 17.3. The van der Waals surface area contributed by atoms with Gasteiger partial charge >= 0.3 is 6.18 Å². The van der Waals surface area contributed by atoms with Gasteiger partial charge in [0.1, 0.15) is 5.82 Å². The van der Waals surface area contributed by atoms with Crippen LogP contribution >= 0.6 is 11.3 Å². The van der Waals surface area contributed by atoms with Gasteiger partial charge in [0.2, 0.25) is 0 Å². The highest BCUT2D eigenvalue weighted by Gasteiger charge is 2.34. The van der Waals surface area contributed by atoms with E-state index in [9.17, 15) is 17.6 Å². The number of alkyl halides is 3. The lowest BCUT2D eigenvalue weighted by Gasteiger charge is -2.07. The van der Waals surface area contributed by atoms with Crippen LogP contribution in [0, 0.1) is 12.7 Å². The lowest BCUT2D eigenvalue weighted by atomic mass is 10.1. The summed E-state index contributed by atoms with van der Waals surface area (Å²) in [5.41, 5.74) is 0.518. The number of aromatic nitrogens is 4. The molecule has 0 aliphatic rings. The summed E-state index contributed by atoms with van der Waals surface area (Å²) >= 11 is 1.17. The highest BCUT2D eigenvalue weighted by Crippen LogP contribution is 2.34. The van der Waals surface area contributed by atoms with Crippen molar-refractivity contribution in [2.24, 2.45) is 7.05 Å². The number of nitrogens with one attached hydrogen (secondary N) is 1. The largest absolute Gasteiger partial charge is 0.435 e. The zero-order valence-corrected chi connectivity index (χ0v) is 14.0. The van der Waals surface area contributed by atoms with Gasteiger partial charge in [0, 0.05) is 31.5 Å². The monoisotopic (exact) mass is 371 g/mol. The number of rotatable bonds is 4. The third-order valence-electron chi connectivity index (χ3n) is 3.57. The van der Waals surface area contributed by atoms with Crippen LogP contribution in [0.25, 0.3) is 10.6 Å². The minimum atomic E-state index is -4.50. The van der Waals surface area contributed by atoms with Crippen LogP contribution in [0.3, 0.4) is 0 Å². The van der Waals surface area contributed by atoms with Crippen LogP contribution in [0.15, 0.2) is 24.7 Å². The molecule has 0 aliphatic carbocycles. The number of aryl methyl sites for hydroxylation is 2. The van der Waals surface area contributed by atoms with E-state index in [1.54, 1.807) is 13.1 Å². The van der Waals surface area contributed by atoms with Crippen LogP contribution in [0.5, 0.6) is 0 Å². The molecule has 0 unspecified atom stereocenters. The Morgan fingerprint density at radius 1 is 1.24 bits per heavy atom. The third-order valence-corrected chi connectivity index (χ3v) is 4.54. The van der Waals surface area contributed by atoms with Crippen molar-refractivity contribution >= 4 is 16.5 Å². The first-order valence-corrected chi connectivity index (χ1v) is 7.97. The Labute approximate surface area is 144 Å². The van der Waals surface area contributed by atoms with Crippen molar-refractivity contribution in [3.05, 3.63) is 47.3 Å². The first-order valence-electron chi connectivity index (χ1n) is 7.16. The SMILES string of the molecule is Cc1cncc(F)c1CNc1ncc(-c2cc(C(F)(F)F)nn2C)s1. The molecule has 3 aromatic rings. The zero-order valence-electron chi connectivity index (χ0n) is 13.2. The number of pyridine rings is 1. The molecule has 1 N–H and O–H groups in total. The molecule has 0 atom stereocenters. The maximum absolute atomic E-state index is 13.8. The molecule has 25 heavy (non-hydrogen) atoms. The van der Waals surface area contributed by atoms with E-state index in [-0.39, 0.29) is 6.54 Å². The van der Waals surface area contributed by atoms with Gasteiger partial charge < -0.3 is 5.32 Å². The maximum atomic E-state index is 13.8. The Balaban J connectivity index is 1.78. The van der Waals surface area contributed by atoms with Crippen molar-refractivity contribution in [3.8, 4) is 10.6 Å². The average Bonchev–Trinajstić information content (AvgIpc) is 3.12. The lowest BCUT2D eigenvalue weighted by molar-refractivity contribution is -0.141. The van der Waals surface area contributed by atoms with E-state index >= 15 is 0 Å². The average molecular weight is 371 g/mol. The quantitative estimate of drug-likeness (QED) is 0.704. The standard InChI is InChI=1S/C15H13F4N5S/c1-8-4-20-6-10(16)9(8)5-21-14-22-7-12(25-14)11-3-13(15(17,18)19)23-24(11)2/h3-4,6-7H,5H2,1-2H3,(H,21,22). The molecule has 3 aromatic heterocycles. The van der Waals surface area contributed by atoms with Crippen molar-refractivity contribution in [2.45, 2.75) is 19.6 Å². The molecule has 0 fully saturated rings. The minimum absolute atomic E-state index is 0.201. The van der Waals surface area contributed by atoms with Crippen LogP contribution in [0.1, 0.15) is 16.8 Å². The summed E-state index contributed by atoms with van der Waals surface area (Å²) in [5.74, 6) is -0.425. The Hall–Kier alpha value is -2.49. The number of hydrogen-bond acceptors (Lipinski definition) is 5. The molecule has 3 rings (SSSR count). The fourth-order valence-electron chi connectivity index (χ4n) is 2.26. The summed E-state index contributed by atoms with van der Waals surface area (Å²) in [7, 11) is 1.44. The minimum Gasteiger partial charge on any atom is -0.357 e. The summed E-state index contributed by atoms with van der Waals surface area (Å²) < 4.78 is 53.1. The molecule has 0 saturated carbocycles. The van der Waals surface area contributed by atoms with Crippen molar-refractivity contribution in [3.63, 3.8) is 0 Å². The molecule has 5 nitrogen and oxygen atoms in total. The number of halogens is 4. The van der Waals surface area contributed by atoms with E-state index in [1.165, 1.54) is 24.6 Å². The fraction of sp³-hybridized carbons (Fsp3) is 0.267. The summed E-state index contributed by atoms with van der Waals surface area (Å²) in [5, 5.41) is 6.93. The van der Waals surface area contributed by atoms with Crippen molar-refractivity contribution in [2.75, 3.05) is 5.32 Å². The van der Waals surface area contributed by atoms with Gasteiger partial charge in [-0.05, 0) is 18.6 Å². The lowest BCUT2D eigenvalue weighted by Crippen LogP contribution is -2.06. The number of hydrogen-bond donors (Lipinski definition) is 1. The molecular formula is C15H13F4N5S. The summed E-state index contributed by atoms with van der Waals surface area (Å²) in [4.78, 5) is 8.41. The Morgan fingerprint density at radius 3 is 2.64 bits per heavy atom. The van der Waals surface area contributed by atoms with E-state index in [4.69, 9.17) is 0 Å². The van der Waals surface area contributed by atoms with Crippen molar-refractivity contribution in [1.29, 1.82) is 0 Å². The Morgan fingerprint density at radius 2 is 2.00 bits per heavy atom. The zero-order chi connectivity index (χ0) is 18.2. The molecule has 0 saturated heterocycles. The van der Waals surface area contributed by atoms with Gasteiger partial charge in [0.15, 0.2) is 10.8 Å². The molecule has 0 amide bonds. The predicted molar refractivity (Wildman–Crippen MR) is 85.6 cm³/mol. The molecule has 10 heteroatoms. The molecule has 0 spiro atoms. The van der Waals surface area contributed by atoms with Gasteiger partial charge in [-0.25, -0.2) is 9.37 Å². The normalized spacial score (nSPS) is 11.8. The predicted octanol–water partition coefficient (Wildman–Crippen LogP) is 4.02. The van der Waals surface area contributed by atoms with Gasteiger partial charge in [0.25, 0.3) is 0 Å². The van der Waals surface area contributed by atoms with Crippen molar-refractivity contribution < 1.29 is 17.6 Å². The smallest absolute Gasteiger partial charge is 0.357 e. The molecule has 3 heterocycles. The number of anilines is 1. The van der Waals surface area contributed by atoms with Crippen LogP contribution in [-0.4, -0.2) is 19.7 Å². The first-order chi connectivity index (χ1) is 11.8. The molecule has 0 aliphatic heterocycles. The second-order valence-corrected chi connectivity index (χ2v) is 6.37. The fourth-order valence-corrected chi connectivity index (χ4v) is 3.12. The van der Waals surface area contributed by atoms with Crippen LogP contribution in [-0.2, 0) is 19.8 Å². The highest BCUT2D eigenvalue weighted by molar-refractivity contribution is 7.18. The number of thiazole rings is 1. The molecule has 132 valence electrons. The summed E-state index contributed by atoms with van der Waals surface area (Å²) in [6, 6.07) is 0.976. The molecule has 0 aromatic carbocycles. The van der Waals surface area contributed by atoms with E-state index < -0.39 is 17.7 Å². The highest BCUT2D eigenvalue weighted by atomic mass is 32.1. The maximum Gasteiger partial charge on any atom is 0.435 e. The topological polar surface area (TPSA) is 55.6 Å². The van der Waals surface area contributed by atoms with Gasteiger partial charge in [-0.3, -0.25) is 9.67 Å². The van der Waals surface area contributed by atoms with Crippen LogP contribution in [0.4, 0.5) is 22.7 Å². The second-order valence-electron chi connectivity index (χ2n) is 5.34. The van der Waals surface area contributed by atoms with Crippen LogP contribution < -0.4 is 5.32 Å². The summed E-state index contributed by atoms with van der Waals surface area (Å²) in [6.45, 7) is 1.95. The van der Waals surface area contributed by atoms with Crippen molar-refractivity contribution in [1.82, 2.24) is 19.7 Å². The van der Waals surface area contributed by atoms with E-state index in [0.29, 0.717) is 26.8 Å². The summed E-state index contributed by atoms with van der Waals surface area (Å²) in [6.07, 6.45) is -0.356. The Bertz CT molecular complexity index is 879. The molecule has 0 bridgehead atoms. The van der Waals surface area contributed by atoms with Gasteiger partial charge in [-0.2, -0.15) is 18.3 Å². The van der Waals surface area contributed by atoms with E-state index in [1.807, 2.05) is 0 Å². The molecule has 0 radical (unpaired) electrons. The Kier molecular flexibility index (Phi) is 4.46. The van der Waals surface area contributed by atoms with Gasteiger partial charge in [-0.15, -0.1) is 0 Å². The van der Waals surface area contributed by atoms with E-state index in [2.05, 4.69) is 20.4 Å². The van der Waals surface area contributed by atoms with Crippen LogP contribution in [0.2, 0.25) is 0 Å². The van der Waals surface area contributed by atoms with Gasteiger partial charge in [-0.1, -0.05) is 11.3 Å². The molecular weight excluding hydrogens is 358 g/mol. The number of nitrogens with zero attached hydrogens (tertiary/aromatic N) is 4. The third kappa shape index (κ3) is 3.63. The second kappa shape index (κ2) is 6.43. The van der Waals surface area contributed by atoms with E-state index in [0.717, 1.165) is 16.9 Å². The van der Waals surface area contributed by atoms with Gasteiger partial charge in [0.05, 0.1) is 16.8 Å².